The highest BCUT2D eigenvalue weighted by molar-refractivity contribution is 7.89. The third-order valence-electron chi connectivity index (χ3n) is 8.79. The number of thiazole rings is 1. The molecule has 0 radical (unpaired) electrons. The Bertz CT molecular complexity index is 1820. The van der Waals surface area contributed by atoms with Crippen LogP contribution in [0.15, 0.2) is 70.0 Å². The minimum atomic E-state index is -4.09. The monoisotopic (exact) mass is 771 g/mol. The zero-order chi connectivity index (χ0) is 38.9. The second-order valence-electron chi connectivity index (χ2n) is 13.9. The minimum Gasteiger partial charge on any atom is -0.465 e. The topological polar surface area (TPSA) is 196 Å². The molecule has 0 saturated carbocycles. The number of hydrogen-bond donors (Lipinski definition) is 4. The Kier molecular flexibility index (Phi) is 14.3. The lowest BCUT2D eigenvalue weighted by atomic mass is 9.97. The highest BCUT2D eigenvalue weighted by Gasteiger charge is 2.40. The number of carboxylic acid groups (broad SMARTS) is 1. The number of oxime groups is 1. The summed E-state index contributed by atoms with van der Waals surface area (Å²) >= 11 is 1.31. The van der Waals surface area contributed by atoms with E-state index in [1.54, 1.807) is 10.3 Å². The van der Waals surface area contributed by atoms with Crippen LogP contribution in [0, 0.1) is 11.8 Å². The van der Waals surface area contributed by atoms with Gasteiger partial charge in [-0.25, -0.2) is 23.0 Å². The highest BCUT2D eigenvalue weighted by atomic mass is 32.2. The number of carbonyl (C=O) groups is 3. The summed E-state index contributed by atoms with van der Waals surface area (Å²) in [6, 6.07) is 12.9. The molecule has 0 bridgehead atoms. The van der Waals surface area contributed by atoms with Crippen molar-refractivity contribution in [2.75, 3.05) is 33.2 Å². The van der Waals surface area contributed by atoms with Gasteiger partial charge >= 0.3 is 12.1 Å². The quantitative estimate of drug-likeness (QED) is 0.0846. The van der Waals surface area contributed by atoms with Crippen LogP contribution in [0.1, 0.15) is 49.5 Å². The number of aromatic nitrogens is 1. The molecule has 53 heavy (non-hydrogen) atoms. The molecule has 0 spiro atoms. The van der Waals surface area contributed by atoms with Gasteiger partial charge in [0.1, 0.15) is 11.0 Å². The van der Waals surface area contributed by atoms with Gasteiger partial charge in [0.25, 0.3) is 0 Å². The Labute approximate surface area is 314 Å². The van der Waals surface area contributed by atoms with Crippen LogP contribution in [0.2, 0.25) is 0 Å². The van der Waals surface area contributed by atoms with Gasteiger partial charge in [0.15, 0.2) is 0 Å². The fourth-order valence-electron chi connectivity index (χ4n) is 6.15. The van der Waals surface area contributed by atoms with Crippen molar-refractivity contribution in [2.24, 2.45) is 17.0 Å². The number of nitrogens with one attached hydrogen (secondary N) is 1. The van der Waals surface area contributed by atoms with E-state index in [0.29, 0.717) is 22.8 Å². The summed E-state index contributed by atoms with van der Waals surface area (Å²) in [6.07, 6.45) is -1.01. The van der Waals surface area contributed by atoms with Gasteiger partial charge in [-0.1, -0.05) is 75.3 Å². The third kappa shape index (κ3) is 11.0. The van der Waals surface area contributed by atoms with Gasteiger partial charge < -0.3 is 35.4 Å². The second-order valence-corrected chi connectivity index (χ2v) is 16.7. The average molecular weight is 772 g/mol. The molecular formula is C36H49N7O8S2. The van der Waals surface area contributed by atoms with Crippen molar-refractivity contribution in [3.63, 3.8) is 0 Å². The number of aliphatic hydroxyl groups excluding tert-OH is 1. The summed E-state index contributed by atoms with van der Waals surface area (Å²) in [5, 5.41) is 38.1. The predicted octanol–water partition coefficient (Wildman–Crippen LogP) is 3.76. The van der Waals surface area contributed by atoms with Crippen LogP contribution in [-0.4, -0.2) is 123 Å². The van der Waals surface area contributed by atoms with Gasteiger partial charge in [-0.05, 0) is 41.5 Å². The first-order valence-electron chi connectivity index (χ1n) is 17.3. The van der Waals surface area contributed by atoms with Crippen molar-refractivity contribution in [3.05, 3.63) is 81.8 Å². The molecule has 1 saturated heterocycles. The average Bonchev–Trinajstić information content (AvgIpc) is 3.70. The minimum absolute atomic E-state index is 0.00234. The van der Waals surface area contributed by atoms with Crippen LogP contribution in [0.5, 0.6) is 0 Å². The van der Waals surface area contributed by atoms with Gasteiger partial charge in [-0.3, -0.25) is 4.79 Å². The van der Waals surface area contributed by atoms with Crippen molar-refractivity contribution in [1.82, 2.24) is 29.3 Å². The molecule has 1 aromatic heterocycles. The van der Waals surface area contributed by atoms with Crippen molar-refractivity contribution in [3.8, 4) is 0 Å². The van der Waals surface area contributed by atoms with Crippen molar-refractivity contribution >= 4 is 45.6 Å². The normalized spacial score (nSPS) is 15.5. The first-order valence-corrected chi connectivity index (χ1v) is 19.7. The number of amides is 4. The van der Waals surface area contributed by atoms with E-state index in [9.17, 15) is 33.0 Å². The Morgan fingerprint density at radius 2 is 1.74 bits per heavy atom. The van der Waals surface area contributed by atoms with Crippen molar-refractivity contribution in [1.29, 1.82) is 0 Å². The van der Waals surface area contributed by atoms with E-state index < -0.39 is 40.2 Å². The zero-order valence-corrected chi connectivity index (χ0v) is 32.2. The molecular weight excluding hydrogens is 723 g/mol. The van der Waals surface area contributed by atoms with Crippen LogP contribution in [0.25, 0.3) is 0 Å². The third-order valence-corrected chi connectivity index (χ3v) is 11.5. The molecule has 17 heteroatoms. The van der Waals surface area contributed by atoms with E-state index >= 15 is 0 Å². The van der Waals surface area contributed by atoms with Crippen LogP contribution in [0.3, 0.4) is 0 Å². The molecule has 3 aromatic rings. The molecule has 2 aromatic carbocycles. The molecule has 0 unspecified atom stereocenters. The first-order chi connectivity index (χ1) is 25.1. The maximum Gasteiger partial charge on any atom is 0.407 e. The van der Waals surface area contributed by atoms with Gasteiger partial charge in [-0.15, -0.1) is 11.3 Å². The Morgan fingerprint density at radius 3 is 2.34 bits per heavy atom. The molecule has 1 fully saturated rings. The number of carbonyl (C=O) groups excluding carboxylic acids is 2. The first kappa shape index (κ1) is 41.2. The molecule has 4 N–H and O–H groups in total. The number of benzene rings is 2. The van der Waals surface area contributed by atoms with Crippen molar-refractivity contribution < 1.29 is 38.2 Å². The van der Waals surface area contributed by atoms with Crippen LogP contribution in [-0.2, 0) is 34.3 Å². The fraction of sp³-hybridized carbons (Fsp3) is 0.472. The number of aliphatic hydroxyl groups is 1. The summed E-state index contributed by atoms with van der Waals surface area (Å²) in [4.78, 5) is 47.8. The zero-order valence-electron chi connectivity index (χ0n) is 30.6. The van der Waals surface area contributed by atoms with Gasteiger partial charge in [-0.2, -0.15) is 4.31 Å². The van der Waals surface area contributed by atoms with E-state index in [2.05, 4.69) is 15.5 Å². The fourth-order valence-corrected chi connectivity index (χ4v) is 8.60. The Hall–Kier alpha value is -4.58. The van der Waals surface area contributed by atoms with Crippen LogP contribution in [0.4, 0.5) is 9.59 Å². The summed E-state index contributed by atoms with van der Waals surface area (Å²) in [5.41, 5.74) is 1.94. The molecule has 2 heterocycles. The predicted molar refractivity (Wildman–Crippen MR) is 200 cm³/mol. The number of urea groups is 1. The lowest BCUT2D eigenvalue weighted by Gasteiger charge is -2.34. The van der Waals surface area contributed by atoms with E-state index in [1.165, 1.54) is 58.1 Å². The molecule has 0 aliphatic carbocycles. The number of rotatable bonds is 18. The van der Waals surface area contributed by atoms with Gasteiger partial charge in [0.05, 0.1) is 42.0 Å². The molecule has 288 valence electrons. The SMILES string of the molecule is CC(C)CN(C[C@@H](O)[C@H](Cc1ccccc1)NC(=O)[C@H](C(C)C)N1CCN(Cc2csc(CN(C)C(=O)O)n2)C1=O)S(=O)(=O)c1ccc(/C=N/O)cc1. The standard InChI is InChI=1S/C36H49N7O8S2/c1-24(2)19-42(53(50,51)29-13-11-27(12-14-29)18-37-49)21-31(44)30(17-26-9-7-6-8-10-26)39-34(45)33(25(3)4)43-16-15-41(35(43)46)20-28-23-52-32(38-28)22-40(5)36(47)48/h6-14,18,23-25,30-31,33,44,49H,15-17,19-22H2,1-5H3,(H,39,45)(H,47,48)/b37-18+/t30-,31+,33-/m0/s1. The maximum atomic E-state index is 14.2. The van der Waals surface area contributed by atoms with E-state index in [4.69, 9.17) is 5.21 Å². The summed E-state index contributed by atoms with van der Waals surface area (Å²) < 4.78 is 29.0. The number of hydrogen-bond acceptors (Lipinski definition) is 10. The lowest BCUT2D eigenvalue weighted by molar-refractivity contribution is -0.128. The Morgan fingerprint density at radius 1 is 1.06 bits per heavy atom. The highest BCUT2D eigenvalue weighted by Crippen LogP contribution is 2.24. The lowest BCUT2D eigenvalue weighted by Crippen LogP contribution is -2.57. The van der Waals surface area contributed by atoms with Gasteiger partial charge in [0.2, 0.25) is 15.9 Å². The van der Waals surface area contributed by atoms with E-state index in [1.807, 2.05) is 58.0 Å². The summed E-state index contributed by atoms with van der Waals surface area (Å²) in [6.45, 7) is 8.16. The number of sulfonamides is 1. The summed E-state index contributed by atoms with van der Waals surface area (Å²) in [7, 11) is -2.63. The summed E-state index contributed by atoms with van der Waals surface area (Å²) in [5.74, 6) is -0.860. The smallest absolute Gasteiger partial charge is 0.407 e. The molecule has 15 nitrogen and oxygen atoms in total. The molecule has 1 aliphatic heterocycles. The maximum absolute atomic E-state index is 14.2. The van der Waals surface area contributed by atoms with Gasteiger partial charge in [0, 0.05) is 38.6 Å². The van der Waals surface area contributed by atoms with Crippen molar-refractivity contribution in [2.45, 2.75) is 70.3 Å². The van der Waals surface area contributed by atoms with E-state index in [-0.39, 0.29) is 61.9 Å². The van der Waals surface area contributed by atoms with Crippen LogP contribution >= 0.6 is 11.3 Å². The Balaban J connectivity index is 1.53. The van der Waals surface area contributed by atoms with Crippen LogP contribution < -0.4 is 5.32 Å². The van der Waals surface area contributed by atoms with E-state index in [0.717, 1.165) is 10.5 Å². The largest absolute Gasteiger partial charge is 0.465 e. The molecule has 4 amide bonds. The molecule has 4 rings (SSSR count). The number of nitrogens with zero attached hydrogens (tertiary/aromatic N) is 6. The molecule has 1 aliphatic rings. The molecule has 3 atom stereocenters. The second kappa shape index (κ2) is 18.4.